The van der Waals surface area contributed by atoms with Gasteiger partial charge in [0.2, 0.25) is 0 Å². The van der Waals surface area contributed by atoms with Gasteiger partial charge in [0.25, 0.3) is 5.91 Å². The summed E-state index contributed by atoms with van der Waals surface area (Å²) in [6, 6.07) is 13.3. The molecule has 28 heavy (non-hydrogen) atoms. The quantitative estimate of drug-likeness (QED) is 0.875. The van der Waals surface area contributed by atoms with Crippen molar-refractivity contribution in [3.05, 3.63) is 53.3 Å². The molecule has 5 heteroatoms. The smallest absolute Gasteiger partial charge is 0.274 e. The molecule has 5 nitrogen and oxygen atoms in total. The maximum absolute atomic E-state index is 13.4. The second-order valence-electron chi connectivity index (χ2n) is 8.73. The number of hydrogen-bond acceptors (Lipinski definition) is 3. The highest BCUT2D eigenvalue weighted by molar-refractivity contribution is 5.93. The van der Waals surface area contributed by atoms with Crippen molar-refractivity contribution in [2.45, 2.75) is 63.5 Å². The lowest BCUT2D eigenvalue weighted by Crippen LogP contribution is -2.47. The third kappa shape index (κ3) is 3.60. The number of nitrogens with zero attached hydrogens (tertiary/aromatic N) is 3. The van der Waals surface area contributed by atoms with Crippen LogP contribution in [0.1, 0.15) is 73.1 Å². The number of rotatable bonds is 3. The third-order valence-electron chi connectivity index (χ3n) is 6.55. The summed E-state index contributed by atoms with van der Waals surface area (Å²) in [4.78, 5) is 18.1. The van der Waals surface area contributed by atoms with Crippen molar-refractivity contribution in [2.75, 3.05) is 20.1 Å². The SMILES string of the molecule is CC(C)c1cc(C(=O)N2C[C@@H](c3ccccc3)[C@H]3[C@H]2CCCCCN3C)n[nH]1. The van der Waals surface area contributed by atoms with E-state index < -0.39 is 0 Å². The molecule has 0 radical (unpaired) electrons. The molecule has 2 aliphatic heterocycles. The van der Waals surface area contributed by atoms with Gasteiger partial charge in [-0.15, -0.1) is 0 Å². The number of fused-ring (bicyclic) bond motifs is 1. The number of benzene rings is 1. The standard InChI is InChI=1S/C23H32N4O/c1-16(2)19-14-20(25-24-19)23(28)27-15-18(17-10-6-4-7-11-17)22-21(27)12-8-5-9-13-26(22)3/h4,6-7,10-11,14,16,18,21-22H,5,8-9,12-13,15H2,1-3H3,(H,24,25)/t18-,21+,22-/m0/s1. The molecule has 1 amide bonds. The molecule has 3 atom stereocenters. The van der Waals surface area contributed by atoms with Crippen molar-refractivity contribution in [3.63, 3.8) is 0 Å². The van der Waals surface area contributed by atoms with Crippen molar-refractivity contribution < 1.29 is 4.79 Å². The molecule has 2 fully saturated rings. The number of carbonyl (C=O) groups excluding carboxylic acids is 1. The van der Waals surface area contributed by atoms with Crippen LogP contribution in [0.3, 0.4) is 0 Å². The first-order chi connectivity index (χ1) is 13.6. The van der Waals surface area contributed by atoms with E-state index in [1.54, 1.807) is 0 Å². The van der Waals surface area contributed by atoms with Gasteiger partial charge in [0.05, 0.1) is 0 Å². The van der Waals surface area contributed by atoms with Gasteiger partial charge >= 0.3 is 0 Å². The molecule has 1 N–H and O–H groups in total. The van der Waals surface area contributed by atoms with Crippen LogP contribution in [0.5, 0.6) is 0 Å². The number of aromatic amines is 1. The average molecular weight is 381 g/mol. The number of likely N-dealkylation sites (tertiary alicyclic amines) is 2. The minimum absolute atomic E-state index is 0.0746. The second kappa shape index (κ2) is 8.08. The van der Waals surface area contributed by atoms with Crippen molar-refractivity contribution in [2.24, 2.45) is 0 Å². The fraction of sp³-hybridized carbons (Fsp3) is 0.565. The van der Waals surface area contributed by atoms with E-state index in [1.165, 1.54) is 24.8 Å². The van der Waals surface area contributed by atoms with Gasteiger partial charge in [0, 0.05) is 30.2 Å². The first kappa shape index (κ1) is 19.2. The summed E-state index contributed by atoms with van der Waals surface area (Å²) < 4.78 is 0. The average Bonchev–Trinajstić information content (AvgIpc) is 3.31. The number of carbonyl (C=O) groups is 1. The van der Waals surface area contributed by atoms with E-state index in [9.17, 15) is 4.79 Å². The first-order valence-electron chi connectivity index (χ1n) is 10.7. The first-order valence-corrected chi connectivity index (χ1v) is 10.7. The summed E-state index contributed by atoms with van der Waals surface area (Å²) in [6.45, 7) is 6.10. The Kier molecular flexibility index (Phi) is 5.54. The van der Waals surface area contributed by atoms with Crippen LogP contribution in [0.25, 0.3) is 0 Å². The molecule has 0 unspecified atom stereocenters. The highest BCUT2D eigenvalue weighted by Gasteiger charge is 2.46. The summed E-state index contributed by atoms with van der Waals surface area (Å²) in [5.74, 6) is 0.761. The largest absolute Gasteiger partial charge is 0.332 e. The van der Waals surface area contributed by atoms with Crippen LogP contribution in [-0.2, 0) is 0 Å². The molecule has 0 bridgehead atoms. The lowest BCUT2D eigenvalue weighted by Gasteiger charge is -2.36. The monoisotopic (exact) mass is 380 g/mol. The van der Waals surface area contributed by atoms with E-state index in [0.717, 1.165) is 25.2 Å². The van der Waals surface area contributed by atoms with Gasteiger partial charge in [0.1, 0.15) is 5.69 Å². The molecule has 0 spiro atoms. The number of nitrogens with one attached hydrogen (secondary N) is 1. The molecule has 0 aliphatic carbocycles. The highest BCUT2D eigenvalue weighted by Crippen LogP contribution is 2.39. The highest BCUT2D eigenvalue weighted by atomic mass is 16.2. The van der Waals surface area contributed by atoms with Gasteiger partial charge in [-0.2, -0.15) is 5.10 Å². The molecule has 2 aliphatic rings. The molecule has 3 heterocycles. The number of hydrogen-bond donors (Lipinski definition) is 1. The minimum Gasteiger partial charge on any atom is -0.332 e. The maximum atomic E-state index is 13.4. The summed E-state index contributed by atoms with van der Waals surface area (Å²) in [7, 11) is 2.23. The zero-order valence-corrected chi connectivity index (χ0v) is 17.3. The Bertz CT molecular complexity index is 800. The lowest BCUT2D eigenvalue weighted by atomic mass is 9.87. The molecule has 150 valence electrons. The maximum Gasteiger partial charge on any atom is 0.274 e. The van der Waals surface area contributed by atoms with E-state index in [-0.39, 0.29) is 11.9 Å². The van der Waals surface area contributed by atoms with Crippen LogP contribution >= 0.6 is 0 Å². The van der Waals surface area contributed by atoms with E-state index in [0.29, 0.717) is 23.6 Å². The van der Waals surface area contributed by atoms with Gasteiger partial charge in [-0.1, -0.05) is 57.0 Å². The predicted octanol–water partition coefficient (Wildman–Crippen LogP) is 4.02. The lowest BCUT2D eigenvalue weighted by molar-refractivity contribution is 0.0663. The molecule has 4 rings (SSSR count). The fourth-order valence-electron chi connectivity index (χ4n) is 5.00. The summed E-state index contributed by atoms with van der Waals surface area (Å²) in [6.07, 6.45) is 4.75. The van der Waals surface area contributed by atoms with Gasteiger partial charge in [-0.25, -0.2) is 0 Å². The minimum atomic E-state index is 0.0746. The molecular weight excluding hydrogens is 348 g/mol. The van der Waals surface area contributed by atoms with E-state index >= 15 is 0 Å². The van der Waals surface area contributed by atoms with Gasteiger partial charge in [-0.3, -0.25) is 9.89 Å². The van der Waals surface area contributed by atoms with Crippen LogP contribution in [0, 0.1) is 0 Å². The number of amides is 1. The molecule has 1 aromatic carbocycles. The van der Waals surface area contributed by atoms with Crippen molar-refractivity contribution in [1.29, 1.82) is 0 Å². The van der Waals surface area contributed by atoms with Crippen molar-refractivity contribution in [1.82, 2.24) is 20.0 Å². The predicted molar refractivity (Wildman–Crippen MR) is 112 cm³/mol. The molecular formula is C23H32N4O. The molecule has 1 aromatic heterocycles. The van der Waals surface area contributed by atoms with E-state index in [1.807, 2.05) is 6.07 Å². The Hall–Kier alpha value is -2.14. The Labute approximate surface area is 168 Å². The van der Waals surface area contributed by atoms with Gasteiger partial charge in [-0.05, 0) is 44.0 Å². The van der Waals surface area contributed by atoms with Crippen LogP contribution in [0.2, 0.25) is 0 Å². The Balaban J connectivity index is 1.67. The van der Waals surface area contributed by atoms with Crippen LogP contribution in [-0.4, -0.2) is 58.1 Å². The molecule has 2 saturated heterocycles. The number of H-pyrrole nitrogens is 1. The van der Waals surface area contributed by atoms with Crippen molar-refractivity contribution >= 4 is 5.91 Å². The Morgan fingerprint density at radius 3 is 2.68 bits per heavy atom. The molecule has 2 aromatic rings. The van der Waals surface area contributed by atoms with Crippen molar-refractivity contribution in [3.8, 4) is 0 Å². The third-order valence-corrected chi connectivity index (χ3v) is 6.55. The zero-order chi connectivity index (χ0) is 19.7. The zero-order valence-electron chi connectivity index (χ0n) is 17.3. The summed E-state index contributed by atoms with van der Waals surface area (Å²) in [5.41, 5.74) is 2.92. The van der Waals surface area contributed by atoms with Crippen LogP contribution in [0.15, 0.2) is 36.4 Å². The topological polar surface area (TPSA) is 52.2 Å². The van der Waals surface area contributed by atoms with Crippen LogP contribution < -0.4 is 0 Å². The fourth-order valence-corrected chi connectivity index (χ4v) is 5.00. The summed E-state index contributed by atoms with van der Waals surface area (Å²) in [5, 5.41) is 7.40. The van der Waals surface area contributed by atoms with Crippen LogP contribution in [0.4, 0.5) is 0 Å². The van der Waals surface area contributed by atoms with Gasteiger partial charge in [0.15, 0.2) is 0 Å². The Morgan fingerprint density at radius 2 is 1.96 bits per heavy atom. The summed E-state index contributed by atoms with van der Waals surface area (Å²) >= 11 is 0. The van der Waals surface area contributed by atoms with E-state index in [4.69, 9.17) is 0 Å². The number of aromatic nitrogens is 2. The van der Waals surface area contributed by atoms with E-state index in [2.05, 4.69) is 71.2 Å². The number of likely N-dealkylation sites (N-methyl/N-ethyl adjacent to an activating group) is 1. The Morgan fingerprint density at radius 1 is 1.18 bits per heavy atom. The normalized spacial score (nSPS) is 26.1. The molecule has 0 saturated carbocycles. The second-order valence-corrected chi connectivity index (χ2v) is 8.73. The van der Waals surface area contributed by atoms with Gasteiger partial charge < -0.3 is 9.80 Å².